The van der Waals surface area contributed by atoms with Crippen LogP contribution in [0.3, 0.4) is 0 Å². The van der Waals surface area contributed by atoms with Gasteiger partial charge in [-0.3, -0.25) is 0 Å². The minimum atomic E-state index is -1.000. The van der Waals surface area contributed by atoms with Gasteiger partial charge in [0, 0.05) is 17.2 Å². The average Bonchev–Trinajstić information content (AvgIpc) is 2.27. The van der Waals surface area contributed by atoms with Crippen LogP contribution >= 0.6 is 23.4 Å². The van der Waals surface area contributed by atoms with Crippen molar-refractivity contribution < 1.29 is 9.90 Å². The van der Waals surface area contributed by atoms with Crippen LogP contribution in [0, 0.1) is 6.92 Å². The first-order chi connectivity index (χ1) is 8.47. The molecule has 1 aromatic heterocycles. The fourth-order valence-corrected chi connectivity index (χ4v) is 2.42. The molecule has 0 aromatic carbocycles. The molecule has 1 heterocycles. The topological polar surface area (TPSA) is 63.1 Å². The van der Waals surface area contributed by atoms with Crippen LogP contribution in [0.4, 0.5) is 0 Å². The zero-order valence-corrected chi connectivity index (χ0v) is 12.0. The molecule has 0 radical (unpaired) electrons. The number of carboxylic acids is 1. The van der Waals surface area contributed by atoms with E-state index in [0.717, 1.165) is 0 Å². The predicted molar refractivity (Wildman–Crippen MR) is 73.5 cm³/mol. The molecule has 0 bridgehead atoms. The Balaban J connectivity index is 3.20. The number of thioether (sulfide) groups is 1. The fourth-order valence-electron chi connectivity index (χ4n) is 1.34. The SMILES string of the molecule is Cc1nc(C(C)C)nc(SC/C=C/Cl)c1C(=O)O. The van der Waals surface area contributed by atoms with Crippen molar-refractivity contribution >= 4 is 29.3 Å². The number of aryl methyl sites for hydroxylation is 1. The van der Waals surface area contributed by atoms with Gasteiger partial charge in [0.25, 0.3) is 0 Å². The van der Waals surface area contributed by atoms with Crippen molar-refractivity contribution in [1.29, 1.82) is 0 Å². The van der Waals surface area contributed by atoms with Crippen molar-refractivity contribution in [2.75, 3.05) is 5.75 Å². The highest BCUT2D eigenvalue weighted by Crippen LogP contribution is 2.25. The zero-order chi connectivity index (χ0) is 13.7. The highest BCUT2D eigenvalue weighted by molar-refractivity contribution is 7.99. The molecule has 98 valence electrons. The van der Waals surface area contributed by atoms with Gasteiger partial charge in [0.1, 0.15) is 16.4 Å². The smallest absolute Gasteiger partial charge is 0.340 e. The van der Waals surface area contributed by atoms with Crippen LogP contribution in [0.5, 0.6) is 0 Å². The summed E-state index contributed by atoms with van der Waals surface area (Å²) in [6, 6.07) is 0. The van der Waals surface area contributed by atoms with Crippen molar-refractivity contribution in [3.63, 3.8) is 0 Å². The first kappa shape index (κ1) is 15.0. The van der Waals surface area contributed by atoms with Crippen LogP contribution in [0.2, 0.25) is 0 Å². The number of hydrogen-bond donors (Lipinski definition) is 1. The van der Waals surface area contributed by atoms with E-state index in [-0.39, 0.29) is 11.5 Å². The lowest BCUT2D eigenvalue weighted by Crippen LogP contribution is -2.10. The van der Waals surface area contributed by atoms with Crippen LogP contribution in [-0.4, -0.2) is 26.8 Å². The first-order valence-electron chi connectivity index (χ1n) is 5.47. The Kier molecular flexibility index (Phi) is 5.62. The molecule has 1 N–H and O–H groups in total. The second-order valence-corrected chi connectivity index (χ2v) is 5.24. The highest BCUT2D eigenvalue weighted by Gasteiger charge is 2.18. The normalized spacial score (nSPS) is 11.4. The Labute approximate surface area is 115 Å². The molecule has 0 aliphatic heterocycles. The minimum Gasteiger partial charge on any atom is -0.478 e. The van der Waals surface area contributed by atoms with E-state index in [9.17, 15) is 9.90 Å². The van der Waals surface area contributed by atoms with E-state index in [1.54, 1.807) is 13.0 Å². The van der Waals surface area contributed by atoms with Crippen molar-refractivity contribution in [2.45, 2.75) is 31.7 Å². The van der Waals surface area contributed by atoms with Gasteiger partial charge in [0.2, 0.25) is 0 Å². The number of nitrogens with zero attached hydrogens (tertiary/aromatic N) is 2. The molecule has 4 nitrogen and oxygen atoms in total. The average molecular weight is 287 g/mol. The predicted octanol–water partition coefficient (Wildman–Crippen LogP) is 3.45. The third-order valence-corrected chi connectivity index (χ3v) is 3.32. The second kappa shape index (κ2) is 6.75. The molecule has 1 aromatic rings. The van der Waals surface area contributed by atoms with Crippen molar-refractivity contribution in [3.8, 4) is 0 Å². The van der Waals surface area contributed by atoms with E-state index in [0.29, 0.717) is 22.3 Å². The molecule has 1 rings (SSSR count). The third-order valence-electron chi connectivity index (χ3n) is 2.21. The van der Waals surface area contributed by atoms with E-state index in [2.05, 4.69) is 9.97 Å². The molecule has 0 atom stereocenters. The Morgan fingerprint density at radius 2 is 2.17 bits per heavy atom. The standard InChI is InChI=1S/C12H15ClN2O2S/c1-7(2)10-14-8(3)9(12(16)17)11(15-10)18-6-4-5-13/h4-5,7H,6H2,1-3H3,(H,16,17)/b5-4+. The Morgan fingerprint density at radius 1 is 1.50 bits per heavy atom. The van der Waals surface area contributed by atoms with E-state index in [1.807, 2.05) is 13.8 Å². The van der Waals surface area contributed by atoms with E-state index in [4.69, 9.17) is 11.6 Å². The maximum Gasteiger partial charge on any atom is 0.340 e. The molecule has 18 heavy (non-hydrogen) atoms. The van der Waals surface area contributed by atoms with Gasteiger partial charge < -0.3 is 5.11 Å². The molecule has 6 heteroatoms. The Hall–Kier alpha value is -1.07. The molecular formula is C12H15ClN2O2S. The van der Waals surface area contributed by atoms with E-state index < -0.39 is 5.97 Å². The van der Waals surface area contributed by atoms with E-state index in [1.165, 1.54) is 17.3 Å². The zero-order valence-electron chi connectivity index (χ0n) is 10.5. The molecule has 0 saturated heterocycles. The number of carbonyl (C=O) groups is 1. The third kappa shape index (κ3) is 3.71. The number of carboxylic acid groups (broad SMARTS) is 1. The summed E-state index contributed by atoms with van der Waals surface area (Å²) in [5.41, 5.74) is 2.08. The molecule has 0 aliphatic carbocycles. The summed E-state index contributed by atoms with van der Waals surface area (Å²) in [4.78, 5) is 19.8. The van der Waals surface area contributed by atoms with Gasteiger partial charge >= 0.3 is 5.97 Å². The lowest BCUT2D eigenvalue weighted by Gasteiger charge is -2.11. The molecular weight excluding hydrogens is 272 g/mol. The second-order valence-electron chi connectivity index (χ2n) is 3.98. The van der Waals surface area contributed by atoms with Crippen LogP contribution in [-0.2, 0) is 0 Å². The van der Waals surface area contributed by atoms with Crippen molar-refractivity contribution in [2.24, 2.45) is 0 Å². The lowest BCUT2D eigenvalue weighted by atomic mass is 10.2. The van der Waals surface area contributed by atoms with Gasteiger partial charge in [-0.2, -0.15) is 0 Å². The maximum atomic E-state index is 11.2. The highest BCUT2D eigenvalue weighted by atomic mass is 35.5. The number of hydrogen-bond acceptors (Lipinski definition) is 4. The Morgan fingerprint density at radius 3 is 2.67 bits per heavy atom. The summed E-state index contributed by atoms with van der Waals surface area (Å²) in [6.45, 7) is 5.64. The monoisotopic (exact) mass is 286 g/mol. The van der Waals surface area contributed by atoms with Crippen LogP contribution in [0.1, 0.15) is 41.6 Å². The largest absolute Gasteiger partial charge is 0.478 e. The Bertz CT molecular complexity index is 475. The number of halogens is 1. The van der Waals surface area contributed by atoms with Crippen LogP contribution in [0.15, 0.2) is 16.6 Å². The molecule has 0 aliphatic rings. The number of rotatable bonds is 5. The van der Waals surface area contributed by atoms with Gasteiger partial charge in [-0.15, -0.1) is 11.8 Å². The van der Waals surface area contributed by atoms with Crippen molar-refractivity contribution in [1.82, 2.24) is 9.97 Å². The maximum absolute atomic E-state index is 11.2. The fraction of sp³-hybridized carbons (Fsp3) is 0.417. The minimum absolute atomic E-state index is 0.162. The van der Waals surface area contributed by atoms with Gasteiger partial charge in [-0.1, -0.05) is 31.5 Å². The lowest BCUT2D eigenvalue weighted by molar-refractivity contribution is 0.0690. The number of aromatic nitrogens is 2. The molecule has 0 unspecified atom stereocenters. The van der Waals surface area contributed by atoms with Crippen LogP contribution in [0.25, 0.3) is 0 Å². The quantitative estimate of drug-likeness (QED) is 0.663. The molecule has 0 spiro atoms. The summed E-state index contributed by atoms with van der Waals surface area (Å²) < 4.78 is 0. The molecule has 0 saturated carbocycles. The first-order valence-corrected chi connectivity index (χ1v) is 6.89. The summed E-state index contributed by atoms with van der Waals surface area (Å²) in [5.74, 6) is 0.405. The van der Waals surface area contributed by atoms with Gasteiger partial charge in [0.05, 0.1) is 5.69 Å². The van der Waals surface area contributed by atoms with Crippen molar-refractivity contribution in [3.05, 3.63) is 28.7 Å². The summed E-state index contributed by atoms with van der Waals surface area (Å²) >= 11 is 6.78. The summed E-state index contributed by atoms with van der Waals surface area (Å²) in [7, 11) is 0. The molecule has 0 amide bonds. The van der Waals surface area contributed by atoms with Gasteiger partial charge in [-0.05, 0) is 6.92 Å². The number of aromatic carboxylic acids is 1. The summed E-state index contributed by atoms with van der Waals surface area (Å²) in [5, 5.41) is 9.69. The van der Waals surface area contributed by atoms with Crippen LogP contribution < -0.4 is 0 Å². The van der Waals surface area contributed by atoms with Gasteiger partial charge in [0.15, 0.2) is 0 Å². The summed E-state index contributed by atoms with van der Waals surface area (Å²) in [6.07, 6.45) is 1.74. The molecule has 0 fully saturated rings. The van der Waals surface area contributed by atoms with E-state index >= 15 is 0 Å². The van der Waals surface area contributed by atoms with Gasteiger partial charge in [-0.25, -0.2) is 14.8 Å².